The van der Waals surface area contributed by atoms with Gasteiger partial charge in [-0.3, -0.25) is 0 Å². The zero-order valence-electron chi connectivity index (χ0n) is 15.1. The molecule has 0 aliphatic carbocycles. The van der Waals surface area contributed by atoms with Crippen molar-refractivity contribution >= 4 is 9.84 Å². The van der Waals surface area contributed by atoms with E-state index in [0.29, 0.717) is 23.6 Å². The first kappa shape index (κ1) is 17.6. The van der Waals surface area contributed by atoms with Crippen LogP contribution in [0.1, 0.15) is 37.5 Å². The summed E-state index contributed by atoms with van der Waals surface area (Å²) in [4.78, 5) is 15.7. The minimum atomic E-state index is -2.79. The van der Waals surface area contributed by atoms with E-state index in [9.17, 15) is 8.42 Å². The minimum absolute atomic E-state index is 0.344. The number of rotatable bonds is 3. The van der Waals surface area contributed by atoms with E-state index in [1.54, 1.807) is 6.20 Å². The lowest BCUT2D eigenvalue weighted by Crippen LogP contribution is -2.45. The average Bonchev–Trinajstić information content (AvgIpc) is 3.12. The van der Waals surface area contributed by atoms with Gasteiger partial charge in [-0.05, 0) is 38.7 Å². The molecule has 26 heavy (non-hydrogen) atoms. The summed E-state index contributed by atoms with van der Waals surface area (Å²) in [6, 6.07) is 2.74. The Hall–Kier alpha value is -1.80. The van der Waals surface area contributed by atoms with Crippen LogP contribution in [0.5, 0.6) is 0 Å². The average molecular weight is 375 g/mol. The minimum Gasteiger partial charge on any atom is -0.327 e. The molecule has 0 spiro atoms. The van der Waals surface area contributed by atoms with Crippen molar-refractivity contribution < 1.29 is 8.42 Å². The van der Waals surface area contributed by atoms with Crippen LogP contribution in [-0.2, 0) is 9.84 Å². The van der Waals surface area contributed by atoms with E-state index in [-0.39, 0.29) is 0 Å². The van der Waals surface area contributed by atoms with Gasteiger partial charge >= 0.3 is 0 Å². The van der Waals surface area contributed by atoms with E-state index in [4.69, 9.17) is 0 Å². The Morgan fingerprint density at radius 3 is 2.42 bits per heavy atom. The van der Waals surface area contributed by atoms with E-state index in [2.05, 4.69) is 24.4 Å². The number of aryl methyl sites for hydroxylation is 1. The van der Waals surface area contributed by atoms with E-state index in [1.807, 2.05) is 25.4 Å². The molecule has 4 rings (SSSR count). The molecule has 2 saturated heterocycles. The van der Waals surface area contributed by atoms with Gasteiger partial charge in [0.2, 0.25) is 0 Å². The second-order valence-electron chi connectivity index (χ2n) is 7.30. The van der Waals surface area contributed by atoms with Crippen molar-refractivity contribution in [2.24, 2.45) is 0 Å². The summed E-state index contributed by atoms with van der Waals surface area (Å²) in [5, 5.41) is 0. The number of likely N-dealkylation sites (tertiary alicyclic amines) is 1. The van der Waals surface area contributed by atoms with E-state index in [1.165, 1.54) is 0 Å². The van der Waals surface area contributed by atoms with Crippen LogP contribution in [-0.4, -0.2) is 63.5 Å². The molecule has 2 aromatic heterocycles. The molecule has 8 heteroatoms. The number of sulfone groups is 1. The summed E-state index contributed by atoms with van der Waals surface area (Å²) < 4.78 is 25.5. The van der Waals surface area contributed by atoms with E-state index in [0.717, 1.165) is 56.1 Å². The molecule has 0 saturated carbocycles. The standard InChI is InChI=1S/C18H25N5O2S/c1-14-19-7-2-17(21-14)18-20-8-11-23(18)16-3-9-22(10-4-16)15-5-12-26(24,25)13-6-15/h2,7-8,11,15-16H,3-6,9-10,12-13H2,1H3. The lowest BCUT2D eigenvalue weighted by molar-refractivity contribution is 0.127. The van der Waals surface area contributed by atoms with Crippen LogP contribution in [0.25, 0.3) is 11.5 Å². The fourth-order valence-corrected chi connectivity index (χ4v) is 5.63. The van der Waals surface area contributed by atoms with Gasteiger partial charge in [-0.25, -0.2) is 23.4 Å². The molecule has 140 valence electrons. The zero-order chi connectivity index (χ0) is 18.1. The number of piperidine rings is 1. The van der Waals surface area contributed by atoms with Gasteiger partial charge < -0.3 is 9.47 Å². The van der Waals surface area contributed by atoms with Gasteiger partial charge in [0.15, 0.2) is 5.82 Å². The van der Waals surface area contributed by atoms with Crippen molar-refractivity contribution in [2.45, 2.75) is 44.7 Å². The van der Waals surface area contributed by atoms with Crippen molar-refractivity contribution in [1.29, 1.82) is 0 Å². The maximum atomic E-state index is 11.6. The van der Waals surface area contributed by atoms with Crippen LogP contribution in [0, 0.1) is 6.92 Å². The van der Waals surface area contributed by atoms with Gasteiger partial charge in [-0.2, -0.15) is 0 Å². The molecule has 0 N–H and O–H groups in total. The highest BCUT2D eigenvalue weighted by molar-refractivity contribution is 7.91. The third-order valence-corrected chi connectivity index (χ3v) is 7.32. The third-order valence-electron chi connectivity index (χ3n) is 5.61. The number of hydrogen-bond acceptors (Lipinski definition) is 6. The molecule has 0 unspecified atom stereocenters. The molecule has 2 fully saturated rings. The summed E-state index contributed by atoms with van der Waals surface area (Å²) in [5.74, 6) is 2.34. The number of nitrogens with zero attached hydrogens (tertiary/aromatic N) is 5. The predicted octanol–water partition coefficient (Wildman–Crippen LogP) is 1.86. The molecule has 4 heterocycles. The van der Waals surface area contributed by atoms with Gasteiger partial charge in [0, 0.05) is 43.8 Å². The highest BCUT2D eigenvalue weighted by atomic mass is 32.2. The Labute approximate surface area is 154 Å². The summed E-state index contributed by atoms with van der Waals surface area (Å²) in [6.07, 6.45) is 9.32. The molecule has 0 amide bonds. The Kier molecular flexibility index (Phi) is 4.79. The number of imidazole rings is 1. The summed E-state index contributed by atoms with van der Waals surface area (Å²) in [6.45, 7) is 3.91. The van der Waals surface area contributed by atoms with Crippen LogP contribution < -0.4 is 0 Å². The van der Waals surface area contributed by atoms with Crippen LogP contribution in [0.15, 0.2) is 24.7 Å². The SMILES string of the molecule is Cc1nccc(-c2nccn2C2CCN(C3CCS(=O)(=O)CC3)CC2)n1. The molecule has 0 bridgehead atoms. The highest BCUT2D eigenvalue weighted by Crippen LogP contribution is 2.30. The van der Waals surface area contributed by atoms with Crippen molar-refractivity contribution in [2.75, 3.05) is 24.6 Å². The van der Waals surface area contributed by atoms with Crippen molar-refractivity contribution in [3.63, 3.8) is 0 Å². The molecular formula is C18H25N5O2S. The molecule has 2 aliphatic rings. The monoisotopic (exact) mass is 375 g/mol. The van der Waals surface area contributed by atoms with Gasteiger partial charge in [-0.1, -0.05) is 0 Å². The van der Waals surface area contributed by atoms with Gasteiger partial charge in [0.25, 0.3) is 0 Å². The quantitative estimate of drug-likeness (QED) is 0.815. The maximum Gasteiger partial charge on any atom is 0.159 e. The van der Waals surface area contributed by atoms with Crippen LogP contribution in [0.3, 0.4) is 0 Å². The first-order valence-electron chi connectivity index (χ1n) is 9.29. The summed E-state index contributed by atoms with van der Waals surface area (Å²) in [7, 11) is -2.79. The lowest BCUT2D eigenvalue weighted by Gasteiger charge is -2.39. The van der Waals surface area contributed by atoms with Gasteiger partial charge in [0.05, 0.1) is 11.5 Å². The normalized spacial score (nSPS) is 22.5. The third kappa shape index (κ3) is 3.66. The van der Waals surface area contributed by atoms with Crippen molar-refractivity contribution in [3.8, 4) is 11.5 Å². The Balaban J connectivity index is 1.42. The fraction of sp³-hybridized carbons (Fsp3) is 0.611. The van der Waals surface area contributed by atoms with E-state index < -0.39 is 9.84 Å². The van der Waals surface area contributed by atoms with Crippen LogP contribution in [0.4, 0.5) is 0 Å². The van der Waals surface area contributed by atoms with Crippen LogP contribution in [0.2, 0.25) is 0 Å². The molecule has 7 nitrogen and oxygen atoms in total. The lowest BCUT2D eigenvalue weighted by atomic mass is 10.0. The van der Waals surface area contributed by atoms with Gasteiger partial charge in [-0.15, -0.1) is 0 Å². The topological polar surface area (TPSA) is 81.0 Å². The van der Waals surface area contributed by atoms with Crippen molar-refractivity contribution in [1.82, 2.24) is 24.4 Å². The molecule has 0 radical (unpaired) electrons. The van der Waals surface area contributed by atoms with Gasteiger partial charge in [0.1, 0.15) is 21.4 Å². The predicted molar refractivity (Wildman–Crippen MR) is 99.5 cm³/mol. The Morgan fingerprint density at radius 2 is 1.73 bits per heavy atom. The Bertz CT molecular complexity index is 857. The summed E-state index contributed by atoms with van der Waals surface area (Å²) >= 11 is 0. The summed E-state index contributed by atoms with van der Waals surface area (Å²) in [5.41, 5.74) is 0.863. The first-order chi connectivity index (χ1) is 12.5. The molecule has 2 aliphatic heterocycles. The molecule has 0 atom stereocenters. The van der Waals surface area contributed by atoms with E-state index >= 15 is 0 Å². The molecule has 0 aromatic carbocycles. The second kappa shape index (κ2) is 7.08. The number of aromatic nitrogens is 4. The fourth-order valence-electron chi connectivity index (χ4n) is 4.16. The first-order valence-corrected chi connectivity index (χ1v) is 11.1. The Morgan fingerprint density at radius 1 is 1.00 bits per heavy atom. The van der Waals surface area contributed by atoms with Crippen molar-refractivity contribution in [3.05, 3.63) is 30.5 Å². The van der Waals surface area contributed by atoms with Crippen LogP contribution >= 0.6 is 0 Å². The smallest absolute Gasteiger partial charge is 0.159 e. The second-order valence-corrected chi connectivity index (χ2v) is 9.60. The highest BCUT2D eigenvalue weighted by Gasteiger charge is 2.31. The molecule has 2 aromatic rings. The number of hydrogen-bond donors (Lipinski definition) is 0. The largest absolute Gasteiger partial charge is 0.327 e. The zero-order valence-corrected chi connectivity index (χ0v) is 15.9. The maximum absolute atomic E-state index is 11.6. The molecular weight excluding hydrogens is 350 g/mol.